The first-order valence-electron chi connectivity index (χ1n) is 7.45. The molecule has 1 atom stereocenters. The van der Waals surface area contributed by atoms with Gasteiger partial charge in [-0.05, 0) is 37.8 Å². The highest BCUT2D eigenvalue weighted by Gasteiger charge is 2.22. The van der Waals surface area contributed by atoms with Crippen LogP contribution < -0.4 is 5.73 Å². The van der Waals surface area contributed by atoms with Crippen LogP contribution in [0.25, 0.3) is 0 Å². The Morgan fingerprint density at radius 3 is 2.95 bits per heavy atom. The molecule has 1 aromatic carbocycles. The van der Waals surface area contributed by atoms with Gasteiger partial charge in [0.2, 0.25) is 0 Å². The van der Waals surface area contributed by atoms with Crippen molar-refractivity contribution in [1.82, 2.24) is 4.90 Å². The van der Waals surface area contributed by atoms with E-state index in [4.69, 9.17) is 10.5 Å². The summed E-state index contributed by atoms with van der Waals surface area (Å²) in [4.78, 5) is 14.5. The zero-order valence-electron chi connectivity index (χ0n) is 12.2. The van der Waals surface area contributed by atoms with Crippen LogP contribution in [0.2, 0.25) is 0 Å². The number of carbonyl (C=O) groups is 1. The molecule has 2 N–H and O–H groups in total. The van der Waals surface area contributed by atoms with Crippen molar-refractivity contribution in [1.29, 1.82) is 0 Å². The van der Waals surface area contributed by atoms with Gasteiger partial charge in [0, 0.05) is 31.8 Å². The monoisotopic (exact) mass is 276 g/mol. The van der Waals surface area contributed by atoms with E-state index in [2.05, 4.69) is 6.07 Å². The van der Waals surface area contributed by atoms with Gasteiger partial charge in [-0.3, -0.25) is 4.79 Å². The summed E-state index contributed by atoms with van der Waals surface area (Å²) in [5.74, 6) is 0.144. The van der Waals surface area contributed by atoms with Crippen molar-refractivity contribution >= 4 is 5.91 Å². The molecule has 0 radical (unpaired) electrons. The third kappa shape index (κ3) is 3.58. The van der Waals surface area contributed by atoms with Gasteiger partial charge in [-0.1, -0.05) is 18.2 Å². The van der Waals surface area contributed by atoms with Crippen molar-refractivity contribution in [2.24, 2.45) is 5.73 Å². The van der Waals surface area contributed by atoms with Gasteiger partial charge in [-0.15, -0.1) is 0 Å². The van der Waals surface area contributed by atoms with Gasteiger partial charge >= 0.3 is 0 Å². The normalized spacial score (nSPS) is 16.7. The molecule has 2 rings (SSSR count). The Bertz CT molecular complexity index is 448. The molecule has 4 heteroatoms. The molecule has 1 aliphatic rings. The zero-order chi connectivity index (χ0) is 14.4. The fourth-order valence-electron chi connectivity index (χ4n) is 2.70. The lowest BCUT2D eigenvalue weighted by Crippen LogP contribution is -2.35. The van der Waals surface area contributed by atoms with E-state index >= 15 is 0 Å². The maximum atomic E-state index is 12.5. The summed E-state index contributed by atoms with van der Waals surface area (Å²) >= 11 is 0. The molecule has 1 amide bonds. The molecule has 0 aliphatic carbocycles. The van der Waals surface area contributed by atoms with Crippen LogP contribution in [0.3, 0.4) is 0 Å². The van der Waals surface area contributed by atoms with E-state index < -0.39 is 0 Å². The van der Waals surface area contributed by atoms with Crippen LogP contribution in [0, 0.1) is 0 Å². The lowest BCUT2D eigenvalue weighted by molar-refractivity contribution is 0.0498. The molecule has 0 bridgehead atoms. The summed E-state index contributed by atoms with van der Waals surface area (Å²) < 4.78 is 5.56. The Morgan fingerprint density at radius 1 is 1.40 bits per heavy atom. The minimum Gasteiger partial charge on any atom is -0.377 e. The van der Waals surface area contributed by atoms with E-state index in [1.54, 1.807) is 0 Å². The number of nitrogens with two attached hydrogens (primary N) is 1. The fraction of sp³-hybridized carbons (Fsp3) is 0.562. The van der Waals surface area contributed by atoms with Crippen molar-refractivity contribution in [2.75, 3.05) is 26.2 Å². The van der Waals surface area contributed by atoms with Crippen LogP contribution in [0.1, 0.15) is 35.7 Å². The SMILES string of the molecule is CCOC(CN)CCN1CCCc2ccccc2C1=O. The molecular weight excluding hydrogens is 252 g/mol. The second-order valence-electron chi connectivity index (χ2n) is 5.15. The maximum Gasteiger partial charge on any atom is 0.254 e. The average Bonchev–Trinajstić information content (AvgIpc) is 2.63. The van der Waals surface area contributed by atoms with Gasteiger partial charge in [0.1, 0.15) is 0 Å². The first kappa shape index (κ1) is 15.0. The second kappa shape index (κ2) is 7.41. The summed E-state index contributed by atoms with van der Waals surface area (Å²) in [6.07, 6.45) is 2.85. The zero-order valence-corrected chi connectivity index (χ0v) is 12.2. The highest BCUT2D eigenvalue weighted by Crippen LogP contribution is 2.18. The van der Waals surface area contributed by atoms with Gasteiger partial charge in [-0.2, -0.15) is 0 Å². The van der Waals surface area contributed by atoms with Crippen LogP contribution in [-0.2, 0) is 11.2 Å². The molecule has 4 nitrogen and oxygen atoms in total. The third-order valence-corrected chi connectivity index (χ3v) is 3.80. The van der Waals surface area contributed by atoms with Gasteiger partial charge in [-0.25, -0.2) is 0 Å². The summed E-state index contributed by atoms with van der Waals surface area (Å²) in [6, 6.07) is 7.92. The third-order valence-electron chi connectivity index (χ3n) is 3.80. The van der Waals surface area contributed by atoms with E-state index in [-0.39, 0.29) is 12.0 Å². The molecule has 0 aromatic heterocycles. The maximum absolute atomic E-state index is 12.5. The number of carbonyl (C=O) groups excluding carboxylic acids is 1. The molecule has 0 spiro atoms. The van der Waals surface area contributed by atoms with Crippen LogP contribution in [0.15, 0.2) is 24.3 Å². The number of nitrogens with zero attached hydrogens (tertiary/aromatic N) is 1. The van der Waals surface area contributed by atoms with Crippen molar-refractivity contribution in [3.63, 3.8) is 0 Å². The van der Waals surface area contributed by atoms with Crippen molar-refractivity contribution < 1.29 is 9.53 Å². The highest BCUT2D eigenvalue weighted by atomic mass is 16.5. The van der Waals surface area contributed by atoms with E-state index in [9.17, 15) is 4.79 Å². The molecule has 1 heterocycles. The van der Waals surface area contributed by atoms with Gasteiger partial charge in [0.15, 0.2) is 0 Å². The molecule has 1 aliphatic heterocycles. The second-order valence-corrected chi connectivity index (χ2v) is 5.15. The summed E-state index contributed by atoms with van der Waals surface area (Å²) in [5.41, 5.74) is 7.71. The number of aryl methyl sites for hydroxylation is 1. The van der Waals surface area contributed by atoms with E-state index in [0.717, 1.165) is 37.9 Å². The Kier molecular flexibility index (Phi) is 5.56. The molecule has 0 saturated carbocycles. The van der Waals surface area contributed by atoms with Crippen LogP contribution in [0.5, 0.6) is 0 Å². The minimum atomic E-state index is 0.0475. The molecule has 0 fully saturated rings. The number of ether oxygens (including phenoxy) is 1. The molecular formula is C16H24N2O2. The van der Waals surface area contributed by atoms with Gasteiger partial charge < -0.3 is 15.4 Å². The number of benzene rings is 1. The first-order valence-corrected chi connectivity index (χ1v) is 7.45. The lowest BCUT2D eigenvalue weighted by Gasteiger charge is -2.23. The topological polar surface area (TPSA) is 55.6 Å². The van der Waals surface area contributed by atoms with Crippen molar-refractivity contribution in [3.8, 4) is 0 Å². The molecule has 1 unspecified atom stereocenters. The minimum absolute atomic E-state index is 0.0475. The summed E-state index contributed by atoms with van der Waals surface area (Å²) in [5, 5.41) is 0. The fourth-order valence-corrected chi connectivity index (χ4v) is 2.70. The smallest absolute Gasteiger partial charge is 0.254 e. The van der Waals surface area contributed by atoms with Crippen molar-refractivity contribution in [2.45, 2.75) is 32.3 Å². The van der Waals surface area contributed by atoms with Crippen LogP contribution in [-0.4, -0.2) is 43.2 Å². The van der Waals surface area contributed by atoms with E-state index in [0.29, 0.717) is 13.2 Å². The highest BCUT2D eigenvalue weighted by molar-refractivity contribution is 5.96. The Balaban J connectivity index is 2.01. The average molecular weight is 276 g/mol. The molecule has 0 saturated heterocycles. The molecule has 20 heavy (non-hydrogen) atoms. The quantitative estimate of drug-likeness (QED) is 0.862. The van der Waals surface area contributed by atoms with E-state index in [1.165, 1.54) is 5.56 Å². The summed E-state index contributed by atoms with van der Waals surface area (Å²) in [6.45, 7) is 4.67. The largest absolute Gasteiger partial charge is 0.377 e. The van der Waals surface area contributed by atoms with Gasteiger partial charge in [0.25, 0.3) is 5.91 Å². The van der Waals surface area contributed by atoms with Crippen LogP contribution >= 0.6 is 0 Å². The Hall–Kier alpha value is -1.39. The number of hydrogen-bond acceptors (Lipinski definition) is 3. The Morgan fingerprint density at radius 2 is 2.20 bits per heavy atom. The number of rotatable bonds is 6. The first-order chi connectivity index (χ1) is 9.76. The number of amides is 1. The standard InChI is InChI=1S/C16H24N2O2/c1-2-20-14(12-17)9-11-18-10-5-7-13-6-3-4-8-15(13)16(18)19/h3-4,6,8,14H,2,5,7,9-12,17H2,1H3. The predicted molar refractivity (Wildman–Crippen MR) is 79.8 cm³/mol. The number of fused-ring (bicyclic) bond motifs is 1. The predicted octanol–water partition coefficient (Wildman–Crippen LogP) is 1.83. The number of hydrogen-bond donors (Lipinski definition) is 1. The van der Waals surface area contributed by atoms with Crippen LogP contribution in [0.4, 0.5) is 0 Å². The molecule has 1 aromatic rings. The van der Waals surface area contributed by atoms with E-state index in [1.807, 2.05) is 30.0 Å². The van der Waals surface area contributed by atoms with Crippen molar-refractivity contribution in [3.05, 3.63) is 35.4 Å². The molecule has 110 valence electrons. The lowest BCUT2D eigenvalue weighted by atomic mass is 10.0. The van der Waals surface area contributed by atoms with Gasteiger partial charge in [0.05, 0.1) is 6.10 Å². The Labute approximate surface area is 120 Å². The summed E-state index contributed by atoms with van der Waals surface area (Å²) in [7, 11) is 0.